The molecule has 1 aliphatic heterocycles. The van der Waals surface area contributed by atoms with Gasteiger partial charge in [-0.25, -0.2) is 4.68 Å². The van der Waals surface area contributed by atoms with E-state index in [9.17, 15) is 9.59 Å². The molecule has 154 valence electrons. The highest BCUT2D eigenvalue weighted by Crippen LogP contribution is 2.40. The van der Waals surface area contributed by atoms with Gasteiger partial charge in [0.2, 0.25) is 5.91 Å². The van der Waals surface area contributed by atoms with Crippen LogP contribution in [0.5, 0.6) is 0 Å². The number of carbonyl (C=O) groups is 2. The maximum Gasteiger partial charge on any atom is 0.253 e. The summed E-state index contributed by atoms with van der Waals surface area (Å²) in [6.07, 6.45) is 5.08. The Morgan fingerprint density at radius 2 is 1.90 bits per heavy atom. The Morgan fingerprint density at radius 3 is 2.66 bits per heavy atom. The van der Waals surface area contributed by atoms with E-state index in [4.69, 9.17) is 0 Å². The molecular formula is C22H29N5O2. The quantitative estimate of drug-likeness (QED) is 0.816. The molecule has 0 bridgehead atoms. The van der Waals surface area contributed by atoms with E-state index in [2.05, 4.69) is 22.2 Å². The van der Waals surface area contributed by atoms with Crippen molar-refractivity contribution in [1.29, 1.82) is 0 Å². The monoisotopic (exact) mass is 395 g/mol. The molecule has 1 saturated carbocycles. The number of nitrogens with one attached hydrogen (secondary N) is 1. The largest absolute Gasteiger partial charge is 0.337 e. The van der Waals surface area contributed by atoms with Crippen LogP contribution in [0, 0.1) is 5.92 Å². The smallest absolute Gasteiger partial charge is 0.253 e. The van der Waals surface area contributed by atoms with E-state index < -0.39 is 0 Å². The van der Waals surface area contributed by atoms with Gasteiger partial charge in [-0.3, -0.25) is 14.5 Å². The van der Waals surface area contributed by atoms with E-state index in [1.807, 2.05) is 46.0 Å². The third kappa shape index (κ3) is 4.85. The van der Waals surface area contributed by atoms with Crippen molar-refractivity contribution in [2.75, 3.05) is 38.0 Å². The topological polar surface area (TPSA) is 70.5 Å². The minimum absolute atomic E-state index is 0.0300. The summed E-state index contributed by atoms with van der Waals surface area (Å²) in [5, 5.41) is 7.42. The Morgan fingerprint density at radius 1 is 1.10 bits per heavy atom. The molecule has 0 spiro atoms. The summed E-state index contributed by atoms with van der Waals surface area (Å²) in [7, 11) is 0. The van der Waals surface area contributed by atoms with Gasteiger partial charge in [0.1, 0.15) is 5.82 Å². The third-order valence-electron chi connectivity index (χ3n) is 5.89. The molecule has 0 radical (unpaired) electrons. The molecule has 7 nitrogen and oxygen atoms in total. The zero-order valence-electron chi connectivity index (χ0n) is 17.0. The molecule has 29 heavy (non-hydrogen) atoms. The number of hydrogen-bond donors (Lipinski definition) is 1. The number of hydrogen-bond acceptors (Lipinski definition) is 4. The van der Waals surface area contributed by atoms with E-state index in [0.717, 1.165) is 30.9 Å². The van der Waals surface area contributed by atoms with Crippen molar-refractivity contribution in [2.24, 2.45) is 5.92 Å². The van der Waals surface area contributed by atoms with Crippen molar-refractivity contribution in [2.45, 2.75) is 32.2 Å². The first-order valence-corrected chi connectivity index (χ1v) is 10.5. The first-order chi connectivity index (χ1) is 14.1. The standard InChI is InChI=1S/C22H29N5O2/c1-17(18-8-9-18)27-20(10-11-23-27)24-21(28)16-25-12-5-13-26(15-14-25)22(29)19-6-3-2-4-7-19/h2-4,6-7,10-11,17-18H,5,8-9,12-16H2,1H3,(H,24,28). The van der Waals surface area contributed by atoms with Crippen LogP contribution < -0.4 is 5.32 Å². The fourth-order valence-corrected chi connectivity index (χ4v) is 4.00. The van der Waals surface area contributed by atoms with Gasteiger partial charge in [-0.05, 0) is 44.2 Å². The lowest BCUT2D eigenvalue weighted by Gasteiger charge is -2.22. The summed E-state index contributed by atoms with van der Waals surface area (Å²) < 4.78 is 1.93. The fourth-order valence-electron chi connectivity index (χ4n) is 4.00. The summed E-state index contributed by atoms with van der Waals surface area (Å²) in [6, 6.07) is 11.6. The molecule has 1 saturated heterocycles. The fraction of sp³-hybridized carbons (Fsp3) is 0.500. The van der Waals surface area contributed by atoms with E-state index in [1.54, 1.807) is 6.20 Å². The lowest BCUT2D eigenvalue weighted by atomic mass is 10.2. The van der Waals surface area contributed by atoms with Gasteiger partial charge in [-0.1, -0.05) is 18.2 Å². The Hall–Kier alpha value is -2.67. The molecule has 2 amide bonds. The molecule has 2 fully saturated rings. The molecule has 1 aromatic heterocycles. The summed E-state index contributed by atoms with van der Waals surface area (Å²) in [5.74, 6) is 1.47. The van der Waals surface area contributed by atoms with Crippen molar-refractivity contribution in [3.63, 3.8) is 0 Å². The van der Waals surface area contributed by atoms with Gasteiger partial charge in [0.15, 0.2) is 0 Å². The van der Waals surface area contributed by atoms with E-state index in [0.29, 0.717) is 31.6 Å². The molecule has 1 N–H and O–H groups in total. The van der Waals surface area contributed by atoms with Crippen LogP contribution in [-0.4, -0.2) is 64.1 Å². The Balaban J connectivity index is 1.30. The molecule has 2 heterocycles. The lowest BCUT2D eigenvalue weighted by Crippen LogP contribution is -2.38. The van der Waals surface area contributed by atoms with Crippen LogP contribution in [0.2, 0.25) is 0 Å². The number of anilines is 1. The van der Waals surface area contributed by atoms with Gasteiger partial charge >= 0.3 is 0 Å². The van der Waals surface area contributed by atoms with Crippen LogP contribution in [0.15, 0.2) is 42.6 Å². The normalized spacial score (nSPS) is 18.9. The van der Waals surface area contributed by atoms with Crippen LogP contribution in [-0.2, 0) is 4.79 Å². The molecule has 2 aliphatic rings. The predicted molar refractivity (Wildman–Crippen MR) is 112 cm³/mol. The van der Waals surface area contributed by atoms with Gasteiger partial charge in [0, 0.05) is 37.8 Å². The molecule has 1 aromatic carbocycles. The maximum atomic E-state index is 12.7. The summed E-state index contributed by atoms with van der Waals surface area (Å²) >= 11 is 0. The summed E-state index contributed by atoms with van der Waals surface area (Å²) in [4.78, 5) is 29.3. The van der Waals surface area contributed by atoms with Gasteiger partial charge in [0.25, 0.3) is 5.91 Å². The molecule has 2 aromatic rings. The van der Waals surface area contributed by atoms with Crippen molar-refractivity contribution in [3.8, 4) is 0 Å². The first-order valence-electron chi connectivity index (χ1n) is 10.5. The number of aromatic nitrogens is 2. The molecule has 1 aliphatic carbocycles. The predicted octanol–water partition coefficient (Wildman–Crippen LogP) is 2.64. The van der Waals surface area contributed by atoms with Gasteiger partial charge in [-0.2, -0.15) is 5.10 Å². The minimum atomic E-state index is -0.0300. The number of amides is 2. The number of rotatable bonds is 6. The van der Waals surface area contributed by atoms with Crippen molar-refractivity contribution in [3.05, 3.63) is 48.2 Å². The highest BCUT2D eigenvalue weighted by molar-refractivity contribution is 5.94. The second-order valence-electron chi connectivity index (χ2n) is 8.08. The van der Waals surface area contributed by atoms with Crippen molar-refractivity contribution < 1.29 is 9.59 Å². The summed E-state index contributed by atoms with van der Waals surface area (Å²) in [6.45, 7) is 5.35. The van der Waals surface area contributed by atoms with Crippen molar-refractivity contribution in [1.82, 2.24) is 19.6 Å². The van der Waals surface area contributed by atoms with Gasteiger partial charge in [0.05, 0.1) is 18.8 Å². The lowest BCUT2D eigenvalue weighted by molar-refractivity contribution is -0.117. The van der Waals surface area contributed by atoms with Gasteiger partial charge < -0.3 is 10.2 Å². The van der Waals surface area contributed by atoms with Crippen LogP contribution in [0.25, 0.3) is 0 Å². The molecular weight excluding hydrogens is 366 g/mol. The zero-order valence-corrected chi connectivity index (χ0v) is 17.0. The number of benzene rings is 1. The SMILES string of the molecule is CC(C1CC1)n1nccc1NC(=O)CN1CCCN(C(=O)c2ccccc2)CC1. The van der Waals surface area contributed by atoms with E-state index in [-0.39, 0.29) is 11.8 Å². The van der Waals surface area contributed by atoms with Crippen LogP contribution in [0.4, 0.5) is 5.82 Å². The average Bonchev–Trinajstić information content (AvgIpc) is 3.52. The summed E-state index contributed by atoms with van der Waals surface area (Å²) in [5.41, 5.74) is 0.719. The molecule has 1 unspecified atom stereocenters. The highest BCUT2D eigenvalue weighted by Gasteiger charge is 2.31. The maximum absolute atomic E-state index is 12.7. The number of carbonyl (C=O) groups excluding carboxylic acids is 2. The second kappa shape index (κ2) is 8.78. The Bertz CT molecular complexity index is 846. The second-order valence-corrected chi connectivity index (χ2v) is 8.08. The Kier molecular flexibility index (Phi) is 5.94. The van der Waals surface area contributed by atoms with Gasteiger partial charge in [-0.15, -0.1) is 0 Å². The van der Waals surface area contributed by atoms with Crippen LogP contribution in [0.1, 0.15) is 42.6 Å². The minimum Gasteiger partial charge on any atom is -0.337 e. The highest BCUT2D eigenvalue weighted by atomic mass is 16.2. The van der Waals surface area contributed by atoms with E-state index >= 15 is 0 Å². The van der Waals surface area contributed by atoms with Crippen LogP contribution >= 0.6 is 0 Å². The molecule has 7 heteroatoms. The first kappa shape index (κ1) is 19.6. The third-order valence-corrected chi connectivity index (χ3v) is 5.89. The zero-order chi connectivity index (χ0) is 20.2. The van der Waals surface area contributed by atoms with E-state index in [1.165, 1.54) is 12.8 Å². The Labute approximate surface area is 171 Å². The van der Waals surface area contributed by atoms with Crippen molar-refractivity contribution >= 4 is 17.6 Å². The number of nitrogens with zero attached hydrogens (tertiary/aromatic N) is 4. The molecule has 4 rings (SSSR count). The molecule has 1 atom stereocenters. The average molecular weight is 396 g/mol. The van der Waals surface area contributed by atoms with Crippen LogP contribution in [0.3, 0.4) is 0 Å².